The maximum Gasteiger partial charge on any atom is 0.303 e. The van der Waals surface area contributed by atoms with Crippen LogP contribution in [0.4, 0.5) is 0 Å². The van der Waals surface area contributed by atoms with Gasteiger partial charge in [0.2, 0.25) is 0 Å². The van der Waals surface area contributed by atoms with Crippen molar-refractivity contribution in [2.75, 3.05) is 0 Å². The zero-order valence-corrected chi connectivity index (χ0v) is 17.5. The fourth-order valence-electron chi connectivity index (χ4n) is 7.30. The van der Waals surface area contributed by atoms with E-state index in [1.165, 1.54) is 18.4 Å². The van der Waals surface area contributed by atoms with E-state index in [9.17, 15) is 9.59 Å². The molecule has 5 nitrogen and oxygen atoms in total. The molecule has 0 unspecified atom stereocenters. The molecular weight excluding hydrogens is 354 g/mol. The van der Waals surface area contributed by atoms with E-state index in [1.807, 2.05) is 6.08 Å². The number of hydrogen-bond acceptors (Lipinski definition) is 5. The second-order valence-corrected chi connectivity index (χ2v) is 9.78. The van der Waals surface area contributed by atoms with E-state index in [1.54, 1.807) is 6.92 Å². The van der Waals surface area contributed by atoms with Gasteiger partial charge in [0.15, 0.2) is 5.78 Å². The largest absolute Gasteiger partial charge is 0.459 e. The Bertz CT molecular complexity index is 723. The molecule has 0 amide bonds. The number of ketones is 1. The molecule has 0 aromatic heterocycles. The van der Waals surface area contributed by atoms with E-state index in [0.717, 1.165) is 44.3 Å². The molecule has 0 aliphatic heterocycles. The third-order valence-corrected chi connectivity index (χ3v) is 8.54. The summed E-state index contributed by atoms with van der Waals surface area (Å²) in [6, 6.07) is 0. The smallest absolute Gasteiger partial charge is 0.303 e. The number of rotatable bonds is 1. The first-order valence-electron chi connectivity index (χ1n) is 10.6. The Hall–Kier alpha value is -1.83. The van der Waals surface area contributed by atoms with Gasteiger partial charge in [-0.05, 0) is 81.1 Å². The van der Waals surface area contributed by atoms with Gasteiger partial charge < -0.3 is 9.84 Å². The Balaban J connectivity index is 0.000000706. The maximum absolute atomic E-state index is 11.9. The zero-order valence-electron chi connectivity index (χ0n) is 17.5. The Kier molecular flexibility index (Phi) is 5.62. The zero-order chi connectivity index (χ0) is 20.7. The lowest BCUT2D eigenvalue weighted by molar-refractivity contribution is -0.177. The molecule has 5 heteroatoms. The number of nitriles is 1. The minimum absolute atomic E-state index is 0.0970. The number of aliphatic hydroxyl groups is 1. The molecule has 4 aliphatic carbocycles. The maximum atomic E-state index is 11.9. The molecule has 0 saturated heterocycles. The number of allylic oxidation sites excluding steroid dienone is 1. The van der Waals surface area contributed by atoms with Gasteiger partial charge in [-0.15, -0.1) is 0 Å². The summed E-state index contributed by atoms with van der Waals surface area (Å²) in [5, 5.41) is 13.8. The van der Waals surface area contributed by atoms with Crippen molar-refractivity contribution in [3.8, 4) is 6.26 Å². The number of esters is 1. The van der Waals surface area contributed by atoms with Crippen LogP contribution in [0.15, 0.2) is 11.6 Å². The fraction of sp³-hybridized carbons (Fsp3) is 0.783. The van der Waals surface area contributed by atoms with E-state index in [-0.39, 0.29) is 17.0 Å². The van der Waals surface area contributed by atoms with Crippen LogP contribution in [-0.2, 0) is 14.3 Å². The van der Waals surface area contributed by atoms with Crippen molar-refractivity contribution in [2.45, 2.75) is 78.2 Å². The Morgan fingerprint density at radius 2 is 1.96 bits per heavy atom. The van der Waals surface area contributed by atoms with Crippen LogP contribution in [0.1, 0.15) is 72.6 Å². The van der Waals surface area contributed by atoms with Gasteiger partial charge in [-0.2, -0.15) is 5.26 Å². The summed E-state index contributed by atoms with van der Waals surface area (Å²) >= 11 is 0. The number of carbonyl (C=O) groups is 2. The number of carbonyl (C=O) groups excluding carboxylic acids is 2. The SMILES string of the molecule is CC(=O)O[C@@]1(C)CC[C@H]2[C@H]3[C@H](CC[C@@]21C)[C@H]1CCC(=O)C=C1C[C@H]3C.N#CO. The van der Waals surface area contributed by atoms with Gasteiger partial charge >= 0.3 is 5.97 Å². The van der Waals surface area contributed by atoms with Crippen LogP contribution in [0.3, 0.4) is 0 Å². The summed E-state index contributed by atoms with van der Waals surface area (Å²) in [6.45, 7) is 8.49. The lowest BCUT2D eigenvalue weighted by atomic mass is 9.48. The van der Waals surface area contributed by atoms with Gasteiger partial charge in [-0.25, -0.2) is 0 Å². The monoisotopic (exact) mass is 387 g/mol. The number of hydrogen-bond donors (Lipinski definition) is 1. The van der Waals surface area contributed by atoms with Crippen LogP contribution < -0.4 is 0 Å². The second kappa shape index (κ2) is 7.54. The first kappa shape index (κ1) is 20.9. The molecule has 0 aromatic carbocycles. The van der Waals surface area contributed by atoms with Crippen LogP contribution >= 0.6 is 0 Å². The van der Waals surface area contributed by atoms with Gasteiger partial charge in [-0.1, -0.05) is 19.4 Å². The molecule has 3 fully saturated rings. The third-order valence-electron chi connectivity index (χ3n) is 8.54. The highest BCUT2D eigenvalue weighted by Crippen LogP contribution is 2.66. The molecule has 7 atom stereocenters. The topological polar surface area (TPSA) is 87.4 Å². The first-order valence-corrected chi connectivity index (χ1v) is 10.6. The summed E-state index contributed by atoms with van der Waals surface area (Å²) in [5.41, 5.74) is 1.22. The lowest BCUT2D eigenvalue weighted by Crippen LogP contribution is -2.54. The Morgan fingerprint density at radius 1 is 1.29 bits per heavy atom. The van der Waals surface area contributed by atoms with E-state index in [2.05, 4.69) is 20.8 Å². The third kappa shape index (κ3) is 3.25. The van der Waals surface area contributed by atoms with Crippen molar-refractivity contribution < 1.29 is 19.4 Å². The normalized spacial score (nSPS) is 43.9. The molecule has 0 aromatic rings. The van der Waals surface area contributed by atoms with Crippen LogP contribution in [0.25, 0.3) is 0 Å². The predicted octanol–water partition coefficient (Wildman–Crippen LogP) is 4.54. The molecule has 28 heavy (non-hydrogen) atoms. The quantitative estimate of drug-likeness (QED) is 0.527. The highest BCUT2D eigenvalue weighted by molar-refractivity contribution is 5.91. The Morgan fingerprint density at radius 3 is 2.61 bits per heavy atom. The van der Waals surface area contributed by atoms with E-state index >= 15 is 0 Å². The van der Waals surface area contributed by atoms with Crippen molar-refractivity contribution in [1.29, 1.82) is 5.26 Å². The van der Waals surface area contributed by atoms with Crippen molar-refractivity contribution in [2.24, 2.45) is 35.0 Å². The molecule has 1 N–H and O–H groups in total. The Labute approximate surface area is 168 Å². The van der Waals surface area contributed by atoms with Crippen LogP contribution in [-0.4, -0.2) is 22.5 Å². The average molecular weight is 388 g/mol. The molecular formula is C23H33NO4. The fourth-order valence-corrected chi connectivity index (χ4v) is 7.30. The molecule has 4 aliphatic rings. The van der Waals surface area contributed by atoms with Crippen LogP contribution in [0.2, 0.25) is 0 Å². The van der Waals surface area contributed by atoms with Crippen molar-refractivity contribution in [3.63, 3.8) is 0 Å². The van der Waals surface area contributed by atoms with Crippen molar-refractivity contribution in [1.82, 2.24) is 0 Å². The molecule has 4 rings (SSSR count). The lowest BCUT2D eigenvalue weighted by Gasteiger charge is -2.57. The molecule has 3 saturated carbocycles. The number of nitrogens with zero attached hydrogens (tertiary/aromatic N) is 1. The first-order chi connectivity index (χ1) is 13.2. The number of fused-ring (bicyclic) bond motifs is 5. The second-order valence-electron chi connectivity index (χ2n) is 9.78. The van der Waals surface area contributed by atoms with Gasteiger partial charge in [0, 0.05) is 18.8 Å². The van der Waals surface area contributed by atoms with E-state index in [0.29, 0.717) is 29.5 Å². The van der Waals surface area contributed by atoms with Gasteiger partial charge in [0.05, 0.1) is 0 Å². The molecule has 0 bridgehead atoms. The molecule has 0 spiro atoms. The summed E-state index contributed by atoms with van der Waals surface area (Å²) in [7, 11) is 0. The molecule has 0 radical (unpaired) electrons. The summed E-state index contributed by atoms with van der Waals surface area (Å²) in [5.74, 6) is 3.53. The van der Waals surface area contributed by atoms with E-state index < -0.39 is 0 Å². The van der Waals surface area contributed by atoms with Gasteiger partial charge in [-0.3, -0.25) is 9.59 Å². The average Bonchev–Trinajstić information content (AvgIpc) is 2.85. The highest BCUT2D eigenvalue weighted by Gasteiger charge is 2.63. The van der Waals surface area contributed by atoms with Gasteiger partial charge in [0.25, 0.3) is 6.26 Å². The van der Waals surface area contributed by atoms with E-state index in [4.69, 9.17) is 15.1 Å². The van der Waals surface area contributed by atoms with Gasteiger partial charge in [0.1, 0.15) is 5.60 Å². The molecule has 154 valence electrons. The number of aliphatic hydroxyl groups excluding tert-OH is 1. The van der Waals surface area contributed by atoms with Crippen LogP contribution in [0, 0.1) is 46.5 Å². The van der Waals surface area contributed by atoms with Crippen molar-refractivity contribution >= 4 is 11.8 Å². The standard InChI is InChI=1S/C22H32O3.CHNO/c1-13-11-15-12-16(24)5-6-17(15)18-7-9-21(3)19(20(13)18)8-10-22(21,4)25-14(2)23;2-1-3/h12-13,17-20H,5-11H2,1-4H3;3H/t13-,17+,18-,19+,20-,21+,22+;/m1./s1. The minimum atomic E-state index is -0.313. The predicted molar refractivity (Wildman–Crippen MR) is 104 cm³/mol. The minimum Gasteiger partial charge on any atom is -0.459 e. The summed E-state index contributed by atoms with van der Waals surface area (Å²) in [6.07, 6.45) is 10.1. The summed E-state index contributed by atoms with van der Waals surface area (Å²) < 4.78 is 5.91. The number of ether oxygens (including phenoxy) is 1. The molecule has 0 heterocycles. The van der Waals surface area contributed by atoms with Crippen molar-refractivity contribution in [3.05, 3.63) is 11.6 Å². The van der Waals surface area contributed by atoms with Crippen LogP contribution in [0.5, 0.6) is 0 Å². The summed E-state index contributed by atoms with van der Waals surface area (Å²) in [4.78, 5) is 23.6. The highest BCUT2D eigenvalue weighted by atomic mass is 16.6.